The van der Waals surface area contributed by atoms with Crippen LogP contribution in [0.1, 0.15) is 16.1 Å². The van der Waals surface area contributed by atoms with Crippen molar-refractivity contribution in [1.29, 1.82) is 5.26 Å². The van der Waals surface area contributed by atoms with E-state index in [1.807, 2.05) is 43.5 Å². The van der Waals surface area contributed by atoms with Crippen molar-refractivity contribution in [3.63, 3.8) is 0 Å². The van der Waals surface area contributed by atoms with Gasteiger partial charge in [-0.1, -0.05) is 41.4 Å². The molecule has 0 aliphatic heterocycles. The molecule has 1 heterocycles. The van der Waals surface area contributed by atoms with Gasteiger partial charge in [0.15, 0.2) is 0 Å². The summed E-state index contributed by atoms with van der Waals surface area (Å²) >= 11 is 13.6. The molecule has 26 heavy (non-hydrogen) atoms. The van der Waals surface area contributed by atoms with Crippen LogP contribution in [0.15, 0.2) is 48.0 Å². The molecule has 0 aliphatic rings. The zero-order valence-electron chi connectivity index (χ0n) is 14.2. The minimum Gasteiger partial charge on any atom is -0.360 e. The smallest absolute Gasteiger partial charge is 0.136 e. The highest BCUT2D eigenvalue weighted by Gasteiger charge is 2.12. The Kier molecular flexibility index (Phi) is 5.63. The molecular formula is C20H15Cl2N3S. The Balaban J connectivity index is 1.90. The Labute approximate surface area is 166 Å². The minimum absolute atomic E-state index is 0.467. The highest BCUT2D eigenvalue weighted by Crippen LogP contribution is 2.32. The lowest BCUT2D eigenvalue weighted by Gasteiger charge is -2.09. The number of para-hydroxylation sites is 1. The van der Waals surface area contributed by atoms with Gasteiger partial charge >= 0.3 is 0 Å². The SMILES string of the molecule is Cc1cccc(C)c1N/C=C(\C#N)c1nc(-c2ccc(Cl)cc2Cl)cs1. The molecule has 0 aliphatic carbocycles. The predicted octanol–water partition coefficient (Wildman–Crippen LogP) is 6.71. The topological polar surface area (TPSA) is 48.7 Å². The molecule has 0 atom stereocenters. The summed E-state index contributed by atoms with van der Waals surface area (Å²) < 4.78 is 0. The molecule has 2 aromatic carbocycles. The molecule has 3 aromatic rings. The normalized spacial score (nSPS) is 11.3. The zero-order chi connectivity index (χ0) is 18.7. The first-order valence-electron chi connectivity index (χ1n) is 7.84. The Hall–Kier alpha value is -2.32. The molecule has 130 valence electrons. The van der Waals surface area contributed by atoms with Crippen molar-refractivity contribution >= 4 is 45.8 Å². The van der Waals surface area contributed by atoms with E-state index in [4.69, 9.17) is 23.2 Å². The highest BCUT2D eigenvalue weighted by atomic mass is 35.5. The van der Waals surface area contributed by atoms with Gasteiger partial charge in [-0.3, -0.25) is 0 Å². The second kappa shape index (κ2) is 7.92. The first kappa shape index (κ1) is 18.5. The fourth-order valence-electron chi connectivity index (χ4n) is 2.55. The number of rotatable bonds is 4. The Morgan fingerprint density at radius 2 is 1.92 bits per heavy atom. The molecule has 0 bridgehead atoms. The number of thiazole rings is 1. The Morgan fingerprint density at radius 3 is 2.58 bits per heavy atom. The number of anilines is 1. The average Bonchev–Trinajstić information content (AvgIpc) is 3.07. The molecule has 0 saturated carbocycles. The van der Waals surface area contributed by atoms with Crippen LogP contribution in [0.5, 0.6) is 0 Å². The summed E-state index contributed by atoms with van der Waals surface area (Å²) in [5, 5.41) is 16.4. The van der Waals surface area contributed by atoms with Crippen molar-refractivity contribution < 1.29 is 0 Å². The molecule has 6 heteroatoms. The van der Waals surface area contributed by atoms with Crippen molar-refractivity contribution in [3.05, 3.63) is 74.2 Å². The maximum atomic E-state index is 9.53. The zero-order valence-corrected chi connectivity index (χ0v) is 16.5. The highest BCUT2D eigenvalue weighted by molar-refractivity contribution is 7.11. The third-order valence-corrected chi connectivity index (χ3v) is 5.33. The fraction of sp³-hybridized carbons (Fsp3) is 0.100. The van der Waals surface area contributed by atoms with Gasteiger partial charge in [-0.25, -0.2) is 4.98 Å². The largest absolute Gasteiger partial charge is 0.360 e. The van der Waals surface area contributed by atoms with Gasteiger partial charge in [0.2, 0.25) is 0 Å². The Morgan fingerprint density at radius 1 is 1.19 bits per heavy atom. The van der Waals surface area contributed by atoms with Crippen molar-refractivity contribution in [2.45, 2.75) is 13.8 Å². The molecule has 0 radical (unpaired) electrons. The van der Waals surface area contributed by atoms with Crippen molar-refractivity contribution in [1.82, 2.24) is 4.98 Å². The monoisotopic (exact) mass is 399 g/mol. The van der Waals surface area contributed by atoms with Crippen LogP contribution in [0, 0.1) is 25.2 Å². The Bertz CT molecular complexity index is 1010. The minimum atomic E-state index is 0.467. The van der Waals surface area contributed by atoms with E-state index in [0.29, 0.717) is 20.6 Å². The molecule has 0 unspecified atom stereocenters. The van der Waals surface area contributed by atoms with E-state index < -0.39 is 0 Å². The van der Waals surface area contributed by atoms with E-state index >= 15 is 0 Å². The number of benzene rings is 2. The molecule has 0 amide bonds. The number of allylic oxidation sites excluding steroid dienone is 1. The van der Waals surface area contributed by atoms with E-state index in [1.165, 1.54) is 11.3 Å². The van der Waals surface area contributed by atoms with Gasteiger partial charge in [0.05, 0.1) is 10.7 Å². The third kappa shape index (κ3) is 3.91. The number of nitrogens with one attached hydrogen (secondary N) is 1. The summed E-state index contributed by atoms with van der Waals surface area (Å²) in [6.45, 7) is 4.05. The van der Waals surface area contributed by atoms with Crippen LogP contribution in [0.2, 0.25) is 10.0 Å². The quantitative estimate of drug-likeness (QED) is 0.495. The van der Waals surface area contributed by atoms with E-state index in [1.54, 1.807) is 18.3 Å². The standard InChI is InChI=1S/C20H15Cl2N3S/c1-12-4-3-5-13(2)19(12)24-10-14(9-23)20-25-18(11-26-20)16-7-6-15(21)8-17(16)22/h3-8,10-11,24H,1-2H3/b14-10+. The summed E-state index contributed by atoms with van der Waals surface area (Å²) in [4.78, 5) is 4.56. The number of aryl methyl sites for hydroxylation is 2. The summed E-state index contributed by atoms with van der Waals surface area (Å²) in [5.41, 5.74) is 5.21. The fourth-order valence-corrected chi connectivity index (χ4v) is 3.84. The van der Waals surface area contributed by atoms with Crippen molar-refractivity contribution in [3.8, 4) is 17.3 Å². The number of nitrogens with zero attached hydrogens (tertiary/aromatic N) is 2. The molecule has 0 spiro atoms. The molecule has 3 nitrogen and oxygen atoms in total. The van der Waals surface area contributed by atoms with Gasteiger partial charge in [-0.2, -0.15) is 5.26 Å². The number of aromatic nitrogens is 1. The summed E-state index contributed by atoms with van der Waals surface area (Å²) in [6.07, 6.45) is 1.70. The molecule has 3 rings (SSSR count). The predicted molar refractivity (Wildman–Crippen MR) is 111 cm³/mol. The van der Waals surface area contributed by atoms with Gasteiger partial charge in [0, 0.05) is 27.9 Å². The van der Waals surface area contributed by atoms with Crippen LogP contribution >= 0.6 is 34.5 Å². The van der Waals surface area contributed by atoms with Crippen LogP contribution in [-0.2, 0) is 0 Å². The molecule has 0 saturated heterocycles. The molecule has 1 aromatic heterocycles. The maximum Gasteiger partial charge on any atom is 0.136 e. The van der Waals surface area contributed by atoms with E-state index in [9.17, 15) is 5.26 Å². The van der Waals surface area contributed by atoms with Gasteiger partial charge in [-0.05, 0) is 43.2 Å². The van der Waals surface area contributed by atoms with Crippen molar-refractivity contribution in [2.24, 2.45) is 0 Å². The van der Waals surface area contributed by atoms with Crippen LogP contribution in [-0.4, -0.2) is 4.98 Å². The van der Waals surface area contributed by atoms with Crippen LogP contribution in [0.25, 0.3) is 16.8 Å². The number of nitriles is 1. The van der Waals surface area contributed by atoms with Crippen LogP contribution < -0.4 is 5.32 Å². The molecular weight excluding hydrogens is 385 g/mol. The van der Waals surface area contributed by atoms with Gasteiger partial charge in [0.1, 0.15) is 16.6 Å². The summed E-state index contributed by atoms with van der Waals surface area (Å²) in [6, 6.07) is 13.5. The van der Waals surface area contributed by atoms with Gasteiger partial charge in [0.25, 0.3) is 0 Å². The van der Waals surface area contributed by atoms with Crippen LogP contribution in [0.3, 0.4) is 0 Å². The summed E-state index contributed by atoms with van der Waals surface area (Å²) in [7, 11) is 0. The second-order valence-corrected chi connectivity index (χ2v) is 7.44. The van der Waals surface area contributed by atoms with Gasteiger partial charge < -0.3 is 5.32 Å². The molecule has 1 N–H and O–H groups in total. The van der Waals surface area contributed by atoms with Gasteiger partial charge in [-0.15, -0.1) is 11.3 Å². The van der Waals surface area contributed by atoms with Crippen LogP contribution in [0.4, 0.5) is 5.69 Å². The number of halogens is 2. The number of hydrogen-bond acceptors (Lipinski definition) is 4. The van der Waals surface area contributed by atoms with E-state index in [2.05, 4.69) is 16.4 Å². The lowest BCUT2D eigenvalue weighted by molar-refractivity contribution is 1.34. The summed E-state index contributed by atoms with van der Waals surface area (Å²) in [5.74, 6) is 0. The first-order valence-corrected chi connectivity index (χ1v) is 9.47. The van der Waals surface area contributed by atoms with E-state index in [0.717, 1.165) is 28.1 Å². The van der Waals surface area contributed by atoms with E-state index in [-0.39, 0.29) is 0 Å². The third-order valence-electron chi connectivity index (χ3n) is 3.90. The molecule has 0 fully saturated rings. The lowest BCUT2D eigenvalue weighted by Crippen LogP contribution is -1.96. The maximum absolute atomic E-state index is 9.53. The second-order valence-electron chi connectivity index (χ2n) is 5.74. The average molecular weight is 400 g/mol. The number of hydrogen-bond donors (Lipinski definition) is 1. The first-order chi connectivity index (χ1) is 12.5. The van der Waals surface area contributed by atoms with Crippen molar-refractivity contribution in [2.75, 3.05) is 5.32 Å². The lowest BCUT2D eigenvalue weighted by atomic mass is 10.1.